The number of halogens is 2. The molecule has 0 aliphatic carbocycles. The monoisotopic (exact) mass is 233 g/mol. The van der Waals surface area contributed by atoms with E-state index in [1.807, 2.05) is 0 Å². The van der Waals surface area contributed by atoms with Gasteiger partial charge in [0, 0.05) is 24.7 Å². The molecule has 2 fully saturated rings. The molecule has 2 heterocycles. The Morgan fingerprint density at radius 1 is 1.38 bits per heavy atom. The first-order valence-corrected chi connectivity index (χ1v) is 6.15. The molecule has 94 valence electrons. The summed E-state index contributed by atoms with van der Waals surface area (Å²) in [4.78, 5) is 2.41. The van der Waals surface area contributed by atoms with Crippen LogP contribution in [0.3, 0.4) is 0 Å². The maximum absolute atomic E-state index is 12.3. The second-order valence-corrected chi connectivity index (χ2v) is 4.93. The molecule has 2 rings (SSSR count). The van der Waals surface area contributed by atoms with Gasteiger partial charge >= 0.3 is 0 Å². The van der Waals surface area contributed by atoms with Crippen LogP contribution in [0.1, 0.15) is 25.7 Å². The van der Waals surface area contributed by atoms with Gasteiger partial charge < -0.3 is 11.1 Å². The predicted octanol–water partition coefficient (Wildman–Crippen LogP) is 0.797. The van der Waals surface area contributed by atoms with Gasteiger partial charge in [0.25, 0.3) is 6.43 Å². The summed E-state index contributed by atoms with van der Waals surface area (Å²) in [5.74, 6) is 0. The number of hydrogen-bond donors (Lipinski definition) is 2. The van der Waals surface area contributed by atoms with Gasteiger partial charge in [-0.25, -0.2) is 8.78 Å². The van der Waals surface area contributed by atoms with Gasteiger partial charge in [-0.05, 0) is 25.8 Å². The summed E-state index contributed by atoms with van der Waals surface area (Å²) in [6.45, 7) is 2.32. The Hall–Kier alpha value is -0.260. The average Bonchev–Trinajstić information content (AvgIpc) is 2.66. The van der Waals surface area contributed by atoms with Gasteiger partial charge in [-0.2, -0.15) is 0 Å². The van der Waals surface area contributed by atoms with E-state index in [2.05, 4.69) is 10.2 Å². The number of rotatable bonds is 4. The summed E-state index contributed by atoms with van der Waals surface area (Å²) in [7, 11) is 0. The molecule has 0 bridgehead atoms. The van der Waals surface area contributed by atoms with Crippen molar-refractivity contribution < 1.29 is 8.78 Å². The van der Waals surface area contributed by atoms with Crippen molar-refractivity contribution in [3.05, 3.63) is 0 Å². The Morgan fingerprint density at radius 3 is 2.88 bits per heavy atom. The number of nitrogens with two attached hydrogens (primary N) is 1. The summed E-state index contributed by atoms with van der Waals surface area (Å²) in [5, 5.41) is 3.03. The van der Waals surface area contributed by atoms with Crippen LogP contribution in [0.4, 0.5) is 8.78 Å². The number of hydrogen-bond acceptors (Lipinski definition) is 3. The summed E-state index contributed by atoms with van der Waals surface area (Å²) in [6.07, 6.45) is 2.13. The van der Waals surface area contributed by atoms with Gasteiger partial charge in [-0.15, -0.1) is 0 Å². The average molecular weight is 233 g/mol. The van der Waals surface area contributed by atoms with Crippen LogP contribution in [0.15, 0.2) is 0 Å². The number of fused-ring (bicyclic) bond motifs is 1. The zero-order chi connectivity index (χ0) is 11.6. The molecule has 2 aliphatic rings. The smallest absolute Gasteiger partial charge is 0.250 e. The van der Waals surface area contributed by atoms with Crippen LogP contribution in [0, 0.1) is 0 Å². The fraction of sp³-hybridized carbons (Fsp3) is 1.00. The molecular formula is C11H21F2N3. The maximum atomic E-state index is 12.3. The molecule has 3 N–H and O–H groups in total. The van der Waals surface area contributed by atoms with Crippen molar-refractivity contribution >= 4 is 0 Å². The normalized spacial score (nSPS) is 35.6. The minimum absolute atomic E-state index is 0.235. The lowest BCUT2D eigenvalue weighted by molar-refractivity contribution is 0.102. The lowest BCUT2D eigenvalue weighted by Crippen LogP contribution is -2.60. The Balaban J connectivity index is 2.02. The van der Waals surface area contributed by atoms with E-state index in [1.165, 1.54) is 12.8 Å². The highest BCUT2D eigenvalue weighted by atomic mass is 19.3. The Bertz CT molecular complexity index is 237. The van der Waals surface area contributed by atoms with Crippen LogP contribution >= 0.6 is 0 Å². The minimum atomic E-state index is -2.29. The van der Waals surface area contributed by atoms with Crippen LogP contribution in [-0.2, 0) is 0 Å². The van der Waals surface area contributed by atoms with Gasteiger partial charge in [0.1, 0.15) is 0 Å². The van der Waals surface area contributed by atoms with E-state index in [4.69, 9.17) is 5.73 Å². The van der Waals surface area contributed by atoms with Gasteiger partial charge in [0.15, 0.2) is 0 Å². The van der Waals surface area contributed by atoms with Crippen LogP contribution in [0.2, 0.25) is 0 Å². The van der Waals surface area contributed by atoms with Gasteiger partial charge in [0.2, 0.25) is 0 Å². The third-order valence-corrected chi connectivity index (χ3v) is 4.07. The summed E-state index contributed by atoms with van der Waals surface area (Å²) in [5.41, 5.74) is 5.56. The van der Waals surface area contributed by atoms with Crippen molar-refractivity contribution in [3.8, 4) is 0 Å². The van der Waals surface area contributed by atoms with Crippen molar-refractivity contribution in [1.82, 2.24) is 10.2 Å². The van der Waals surface area contributed by atoms with Crippen LogP contribution in [0.5, 0.6) is 0 Å². The minimum Gasteiger partial charge on any atom is -0.329 e. The standard InChI is InChI=1S/C11H21F2N3/c12-10(13)7-15-11(8-14)4-6-16-5-2-1-3-9(11)16/h9-10,15H,1-8,14H2. The first-order valence-electron chi connectivity index (χ1n) is 6.15. The lowest BCUT2D eigenvalue weighted by atomic mass is 9.85. The van der Waals surface area contributed by atoms with Crippen molar-refractivity contribution in [2.24, 2.45) is 5.73 Å². The number of alkyl halides is 2. The molecule has 0 radical (unpaired) electrons. The first-order chi connectivity index (χ1) is 7.68. The van der Waals surface area contributed by atoms with Crippen LogP contribution in [-0.4, -0.2) is 49.1 Å². The maximum Gasteiger partial charge on any atom is 0.250 e. The molecule has 2 aliphatic heterocycles. The number of nitrogens with one attached hydrogen (secondary N) is 1. The Morgan fingerprint density at radius 2 is 2.19 bits per heavy atom. The van der Waals surface area contributed by atoms with E-state index in [0.29, 0.717) is 12.6 Å². The SMILES string of the molecule is NCC1(NCC(F)F)CCN2CCCCC21. The first kappa shape index (κ1) is 12.2. The lowest BCUT2D eigenvalue weighted by Gasteiger charge is -2.40. The summed E-state index contributed by atoms with van der Waals surface area (Å²) in [6, 6.07) is 0.366. The molecular weight excluding hydrogens is 212 g/mol. The Labute approximate surface area is 95.4 Å². The van der Waals surface area contributed by atoms with Crippen LogP contribution in [0.25, 0.3) is 0 Å². The fourth-order valence-electron chi connectivity index (χ4n) is 3.19. The molecule has 0 aromatic heterocycles. The van der Waals surface area contributed by atoms with E-state index in [-0.39, 0.29) is 12.1 Å². The van der Waals surface area contributed by atoms with E-state index in [1.54, 1.807) is 0 Å². The molecule has 0 spiro atoms. The zero-order valence-electron chi connectivity index (χ0n) is 9.59. The number of piperidine rings is 1. The van der Waals surface area contributed by atoms with Crippen molar-refractivity contribution in [2.45, 2.75) is 43.7 Å². The molecule has 3 nitrogen and oxygen atoms in total. The van der Waals surface area contributed by atoms with Gasteiger partial charge in [0.05, 0.1) is 6.54 Å². The van der Waals surface area contributed by atoms with Crippen molar-refractivity contribution in [1.29, 1.82) is 0 Å². The van der Waals surface area contributed by atoms with E-state index in [0.717, 1.165) is 25.9 Å². The van der Waals surface area contributed by atoms with Crippen molar-refractivity contribution in [3.63, 3.8) is 0 Å². The molecule has 2 atom stereocenters. The third-order valence-electron chi connectivity index (χ3n) is 4.07. The highest BCUT2D eigenvalue weighted by molar-refractivity contribution is 5.07. The molecule has 0 aromatic carbocycles. The molecule has 0 amide bonds. The summed E-state index contributed by atoms with van der Waals surface area (Å²) < 4.78 is 24.6. The highest BCUT2D eigenvalue weighted by Crippen LogP contribution is 2.34. The molecule has 2 unspecified atom stereocenters. The molecule has 5 heteroatoms. The molecule has 0 aromatic rings. The third kappa shape index (κ3) is 2.21. The topological polar surface area (TPSA) is 41.3 Å². The van der Waals surface area contributed by atoms with Gasteiger partial charge in [-0.1, -0.05) is 6.42 Å². The van der Waals surface area contributed by atoms with E-state index >= 15 is 0 Å². The van der Waals surface area contributed by atoms with Crippen LogP contribution < -0.4 is 11.1 Å². The van der Waals surface area contributed by atoms with Crippen molar-refractivity contribution in [2.75, 3.05) is 26.2 Å². The van der Waals surface area contributed by atoms with E-state index in [9.17, 15) is 8.78 Å². The highest BCUT2D eigenvalue weighted by Gasteiger charge is 2.46. The predicted molar refractivity (Wildman–Crippen MR) is 59.6 cm³/mol. The second-order valence-electron chi connectivity index (χ2n) is 4.93. The second kappa shape index (κ2) is 4.94. The zero-order valence-corrected chi connectivity index (χ0v) is 9.59. The molecule has 2 saturated heterocycles. The largest absolute Gasteiger partial charge is 0.329 e. The van der Waals surface area contributed by atoms with E-state index < -0.39 is 6.43 Å². The number of nitrogens with zero attached hydrogens (tertiary/aromatic N) is 1. The molecule has 0 saturated carbocycles. The fourth-order valence-corrected chi connectivity index (χ4v) is 3.19. The molecule has 16 heavy (non-hydrogen) atoms. The Kier molecular flexibility index (Phi) is 3.77. The quantitative estimate of drug-likeness (QED) is 0.754. The van der Waals surface area contributed by atoms with Gasteiger partial charge in [-0.3, -0.25) is 4.90 Å². The summed E-state index contributed by atoms with van der Waals surface area (Å²) >= 11 is 0.